The van der Waals surface area contributed by atoms with E-state index in [2.05, 4.69) is 30.1 Å². The van der Waals surface area contributed by atoms with E-state index >= 15 is 0 Å². The molecule has 2 rings (SSSR count). The largest absolute Gasteiger partial charge is 0.497 e. The lowest BCUT2D eigenvalue weighted by Gasteiger charge is -2.36. The Kier molecular flexibility index (Phi) is 6.59. The van der Waals surface area contributed by atoms with Crippen molar-refractivity contribution in [2.45, 2.75) is 32.5 Å². The summed E-state index contributed by atoms with van der Waals surface area (Å²) in [6.07, 6.45) is 0. The predicted molar refractivity (Wildman–Crippen MR) is 84.1 cm³/mol. The van der Waals surface area contributed by atoms with Gasteiger partial charge < -0.3 is 14.8 Å². The van der Waals surface area contributed by atoms with E-state index < -0.39 is 0 Å². The molecule has 4 nitrogen and oxygen atoms in total. The van der Waals surface area contributed by atoms with E-state index in [-0.39, 0.29) is 12.4 Å². The van der Waals surface area contributed by atoms with E-state index in [1.165, 1.54) is 5.56 Å². The number of halogens is 1. The van der Waals surface area contributed by atoms with Gasteiger partial charge in [-0.25, -0.2) is 0 Å². The number of rotatable bonds is 4. The number of ether oxygens (including phenoxy) is 2. The van der Waals surface area contributed by atoms with Crippen LogP contribution in [0.1, 0.15) is 19.4 Å². The molecule has 0 saturated carbocycles. The van der Waals surface area contributed by atoms with Gasteiger partial charge in [-0.3, -0.25) is 4.90 Å². The maximum atomic E-state index is 5.46. The number of piperazine rings is 1. The molecule has 2 unspecified atom stereocenters. The van der Waals surface area contributed by atoms with Gasteiger partial charge in [0.1, 0.15) is 11.5 Å². The molecule has 0 radical (unpaired) electrons. The second-order valence-corrected chi connectivity index (χ2v) is 5.34. The molecule has 20 heavy (non-hydrogen) atoms. The Balaban J connectivity index is 0.00000200. The van der Waals surface area contributed by atoms with Crippen molar-refractivity contribution in [2.75, 3.05) is 27.3 Å². The molecule has 114 valence electrons. The average molecular weight is 301 g/mol. The van der Waals surface area contributed by atoms with Crippen molar-refractivity contribution in [3.8, 4) is 11.5 Å². The summed E-state index contributed by atoms with van der Waals surface area (Å²) in [4.78, 5) is 2.47. The first-order valence-corrected chi connectivity index (χ1v) is 6.81. The van der Waals surface area contributed by atoms with Gasteiger partial charge >= 0.3 is 0 Å². The van der Waals surface area contributed by atoms with Gasteiger partial charge in [0.15, 0.2) is 0 Å². The van der Waals surface area contributed by atoms with E-state index in [4.69, 9.17) is 9.47 Å². The summed E-state index contributed by atoms with van der Waals surface area (Å²) in [6, 6.07) is 7.10. The maximum absolute atomic E-state index is 5.46. The molecule has 1 saturated heterocycles. The van der Waals surface area contributed by atoms with Crippen LogP contribution in [-0.4, -0.2) is 44.3 Å². The van der Waals surface area contributed by atoms with Gasteiger partial charge in [-0.2, -0.15) is 0 Å². The monoisotopic (exact) mass is 300 g/mol. The molecule has 0 spiro atoms. The fourth-order valence-electron chi connectivity index (χ4n) is 2.79. The fourth-order valence-corrected chi connectivity index (χ4v) is 2.79. The highest BCUT2D eigenvalue weighted by Crippen LogP contribution is 2.26. The molecule has 0 aliphatic carbocycles. The van der Waals surface area contributed by atoms with Crippen LogP contribution >= 0.6 is 12.4 Å². The Morgan fingerprint density at radius 2 is 1.80 bits per heavy atom. The van der Waals surface area contributed by atoms with Gasteiger partial charge in [-0.05, 0) is 19.9 Å². The van der Waals surface area contributed by atoms with Crippen molar-refractivity contribution in [2.24, 2.45) is 0 Å². The Morgan fingerprint density at radius 3 is 2.35 bits per heavy atom. The molecule has 1 N–H and O–H groups in total. The Labute approximate surface area is 127 Å². The first kappa shape index (κ1) is 17.1. The van der Waals surface area contributed by atoms with Gasteiger partial charge in [-0.1, -0.05) is 6.07 Å². The number of methoxy groups -OCH3 is 2. The van der Waals surface area contributed by atoms with Crippen LogP contribution in [0.2, 0.25) is 0 Å². The second-order valence-electron chi connectivity index (χ2n) is 5.34. The molecular weight excluding hydrogens is 276 g/mol. The SMILES string of the molecule is COc1ccc(CN2CC(C)NC(C)C2)c(OC)c1.Cl. The second kappa shape index (κ2) is 7.72. The van der Waals surface area contributed by atoms with Crippen LogP contribution in [0.3, 0.4) is 0 Å². The third-order valence-corrected chi connectivity index (χ3v) is 3.52. The van der Waals surface area contributed by atoms with E-state index in [1.807, 2.05) is 12.1 Å². The van der Waals surface area contributed by atoms with Crippen LogP contribution in [0.25, 0.3) is 0 Å². The minimum atomic E-state index is 0. The third kappa shape index (κ3) is 4.27. The Hall–Kier alpha value is -0.970. The molecule has 0 amide bonds. The molecule has 1 heterocycles. The summed E-state index contributed by atoms with van der Waals surface area (Å²) >= 11 is 0. The molecule has 1 aromatic carbocycles. The molecule has 1 aliphatic rings. The van der Waals surface area contributed by atoms with E-state index in [1.54, 1.807) is 14.2 Å². The standard InChI is InChI=1S/C15H24N2O2.ClH/c1-11-8-17(9-12(2)16-11)10-13-5-6-14(18-3)7-15(13)19-4;/h5-7,11-12,16H,8-10H2,1-4H3;1H. The summed E-state index contributed by atoms with van der Waals surface area (Å²) in [5.74, 6) is 1.74. The quantitative estimate of drug-likeness (QED) is 0.925. The lowest BCUT2D eigenvalue weighted by molar-refractivity contribution is 0.165. The van der Waals surface area contributed by atoms with Crippen molar-refractivity contribution in [1.29, 1.82) is 0 Å². The van der Waals surface area contributed by atoms with Crippen LogP contribution < -0.4 is 14.8 Å². The summed E-state index contributed by atoms with van der Waals surface area (Å²) < 4.78 is 10.7. The highest BCUT2D eigenvalue weighted by atomic mass is 35.5. The minimum absolute atomic E-state index is 0. The molecule has 0 aromatic heterocycles. The van der Waals surface area contributed by atoms with Crippen LogP contribution in [0, 0.1) is 0 Å². The summed E-state index contributed by atoms with van der Waals surface area (Å²) in [7, 11) is 3.38. The van der Waals surface area contributed by atoms with Gasteiger partial charge in [0, 0.05) is 43.3 Å². The maximum Gasteiger partial charge on any atom is 0.127 e. The topological polar surface area (TPSA) is 33.7 Å². The highest BCUT2D eigenvalue weighted by Gasteiger charge is 2.21. The van der Waals surface area contributed by atoms with E-state index in [9.17, 15) is 0 Å². The third-order valence-electron chi connectivity index (χ3n) is 3.52. The van der Waals surface area contributed by atoms with Crippen LogP contribution in [0.4, 0.5) is 0 Å². The summed E-state index contributed by atoms with van der Waals surface area (Å²) in [5, 5.41) is 3.55. The molecule has 0 bridgehead atoms. The zero-order valence-electron chi connectivity index (χ0n) is 12.7. The lowest BCUT2D eigenvalue weighted by Crippen LogP contribution is -2.53. The molecule has 2 atom stereocenters. The van der Waals surface area contributed by atoms with Crippen LogP contribution in [-0.2, 0) is 6.54 Å². The van der Waals surface area contributed by atoms with Crippen LogP contribution in [0.5, 0.6) is 11.5 Å². The van der Waals surface area contributed by atoms with E-state index in [0.717, 1.165) is 31.1 Å². The van der Waals surface area contributed by atoms with E-state index in [0.29, 0.717) is 12.1 Å². The molecule has 1 aliphatic heterocycles. The first-order valence-electron chi connectivity index (χ1n) is 6.81. The molecule has 1 aromatic rings. The fraction of sp³-hybridized carbons (Fsp3) is 0.600. The normalized spacial score (nSPS) is 23.0. The zero-order valence-corrected chi connectivity index (χ0v) is 13.5. The number of benzene rings is 1. The average Bonchev–Trinajstić information content (AvgIpc) is 2.38. The summed E-state index contributed by atoms with van der Waals surface area (Å²) in [6.45, 7) is 7.52. The first-order chi connectivity index (χ1) is 9.12. The number of hydrogen-bond donors (Lipinski definition) is 1. The van der Waals surface area contributed by atoms with Crippen molar-refractivity contribution in [3.05, 3.63) is 23.8 Å². The van der Waals surface area contributed by atoms with Gasteiger partial charge in [0.2, 0.25) is 0 Å². The zero-order chi connectivity index (χ0) is 13.8. The molecule has 5 heteroatoms. The van der Waals surface area contributed by atoms with Crippen LogP contribution in [0.15, 0.2) is 18.2 Å². The van der Waals surface area contributed by atoms with Crippen molar-refractivity contribution in [3.63, 3.8) is 0 Å². The Morgan fingerprint density at radius 1 is 1.15 bits per heavy atom. The summed E-state index contributed by atoms with van der Waals surface area (Å²) in [5.41, 5.74) is 1.21. The Bertz CT molecular complexity index is 418. The van der Waals surface area contributed by atoms with Crippen molar-refractivity contribution in [1.82, 2.24) is 10.2 Å². The number of nitrogens with zero attached hydrogens (tertiary/aromatic N) is 1. The van der Waals surface area contributed by atoms with Gasteiger partial charge in [0.05, 0.1) is 14.2 Å². The minimum Gasteiger partial charge on any atom is -0.497 e. The van der Waals surface area contributed by atoms with Gasteiger partial charge in [-0.15, -0.1) is 12.4 Å². The lowest BCUT2D eigenvalue weighted by atomic mass is 10.1. The number of nitrogens with one attached hydrogen (secondary N) is 1. The van der Waals surface area contributed by atoms with Crippen molar-refractivity contribution >= 4 is 12.4 Å². The molecule has 1 fully saturated rings. The molecular formula is C15H25ClN2O2. The smallest absolute Gasteiger partial charge is 0.127 e. The predicted octanol–water partition coefficient (Wildman–Crippen LogP) is 2.31. The highest BCUT2D eigenvalue weighted by molar-refractivity contribution is 5.85. The number of hydrogen-bond acceptors (Lipinski definition) is 4. The van der Waals surface area contributed by atoms with Crippen molar-refractivity contribution < 1.29 is 9.47 Å². The van der Waals surface area contributed by atoms with Gasteiger partial charge in [0.25, 0.3) is 0 Å².